The summed E-state index contributed by atoms with van der Waals surface area (Å²) >= 11 is 0. The first kappa shape index (κ1) is 18.4. The van der Waals surface area contributed by atoms with Crippen LogP contribution in [0.3, 0.4) is 0 Å². The van der Waals surface area contributed by atoms with E-state index in [2.05, 4.69) is 15.5 Å². The smallest absolute Gasteiger partial charge is 0.339 e. The predicted molar refractivity (Wildman–Crippen MR) is 101 cm³/mol. The van der Waals surface area contributed by atoms with Crippen molar-refractivity contribution < 1.29 is 14.7 Å². The highest BCUT2D eigenvalue weighted by Crippen LogP contribution is 2.20. The van der Waals surface area contributed by atoms with Gasteiger partial charge in [0, 0.05) is 17.9 Å². The van der Waals surface area contributed by atoms with Crippen molar-refractivity contribution in [3.05, 3.63) is 58.7 Å². The second-order valence-corrected chi connectivity index (χ2v) is 6.23. The number of carboxylic acids is 1. The van der Waals surface area contributed by atoms with Crippen molar-refractivity contribution in [2.45, 2.75) is 34.2 Å². The van der Waals surface area contributed by atoms with Crippen LogP contribution in [0.25, 0.3) is 5.69 Å². The maximum atomic E-state index is 12.7. The molecule has 3 aromatic rings. The van der Waals surface area contributed by atoms with Gasteiger partial charge in [0.15, 0.2) is 0 Å². The van der Waals surface area contributed by atoms with Crippen molar-refractivity contribution in [2.75, 3.05) is 5.32 Å². The minimum Gasteiger partial charge on any atom is -0.478 e. The third-order valence-corrected chi connectivity index (χ3v) is 4.50. The first-order valence-electron chi connectivity index (χ1n) is 8.57. The number of aromatic carboxylic acids is 1. The fourth-order valence-corrected chi connectivity index (χ4v) is 3.12. The minimum absolute atomic E-state index is 0.141. The highest BCUT2D eigenvalue weighted by Gasteiger charge is 2.19. The summed E-state index contributed by atoms with van der Waals surface area (Å²) in [5.74, 6) is -1.26. The molecular weight excluding hydrogens is 346 g/mol. The van der Waals surface area contributed by atoms with Gasteiger partial charge < -0.3 is 10.4 Å². The Bertz CT molecular complexity index is 1030. The van der Waals surface area contributed by atoms with E-state index in [1.54, 1.807) is 35.9 Å². The van der Waals surface area contributed by atoms with Crippen LogP contribution in [-0.4, -0.2) is 36.5 Å². The Labute approximate surface area is 156 Å². The SMILES string of the molecule is CCn1nc(C)c(C(=O)Nc2cccc(-n3ncc(C(=O)O)c3C)c2)c1C. The Kier molecular flexibility index (Phi) is 4.81. The summed E-state index contributed by atoms with van der Waals surface area (Å²) in [5, 5.41) is 20.6. The third-order valence-electron chi connectivity index (χ3n) is 4.50. The molecule has 2 aromatic heterocycles. The van der Waals surface area contributed by atoms with Crippen LogP contribution in [-0.2, 0) is 6.54 Å². The molecule has 0 atom stereocenters. The summed E-state index contributed by atoms with van der Waals surface area (Å²) < 4.78 is 3.33. The molecule has 140 valence electrons. The van der Waals surface area contributed by atoms with Gasteiger partial charge >= 0.3 is 5.97 Å². The summed E-state index contributed by atoms with van der Waals surface area (Å²) in [6, 6.07) is 7.10. The van der Waals surface area contributed by atoms with E-state index in [-0.39, 0.29) is 11.5 Å². The van der Waals surface area contributed by atoms with E-state index >= 15 is 0 Å². The van der Waals surface area contributed by atoms with E-state index in [1.165, 1.54) is 10.9 Å². The first-order valence-corrected chi connectivity index (χ1v) is 8.57. The lowest BCUT2D eigenvalue weighted by Crippen LogP contribution is -2.14. The van der Waals surface area contributed by atoms with E-state index in [4.69, 9.17) is 0 Å². The van der Waals surface area contributed by atoms with Gasteiger partial charge in [0.1, 0.15) is 5.56 Å². The van der Waals surface area contributed by atoms with E-state index in [0.29, 0.717) is 34.9 Å². The van der Waals surface area contributed by atoms with Crippen LogP contribution < -0.4 is 5.32 Å². The molecule has 0 bridgehead atoms. The van der Waals surface area contributed by atoms with Gasteiger partial charge in [0.05, 0.1) is 28.8 Å². The zero-order valence-corrected chi connectivity index (χ0v) is 15.6. The second kappa shape index (κ2) is 7.06. The van der Waals surface area contributed by atoms with Crippen molar-refractivity contribution in [3.8, 4) is 5.69 Å². The molecule has 0 spiro atoms. The fraction of sp³-hybridized carbons (Fsp3) is 0.263. The molecule has 3 rings (SSSR count). The largest absolute Gasteiger partial charge is 0.478 e. The van der Waals surface area contributed by atoms with Crippen molar-refractivity contribution >= 4 is 17.6 Å². The number of hydrogen-bond acceptors (Lipinski definition) is 4. The lowest BCUT2D eigenvalue weighted by Gasteiger charge is -2.09. The summed E-state index contributed by atoms with van der Waals surface area (Å²) in [4.78, 5) is 23.9. The lowest BCUT2D eigenvalue weighted by molar-refractivity contribution is 0.0696. The van der Waals surface area contributed by atoms with Crippen LogP contribution in [0.15, 0.2) is 30.5 Å². The second-order valence-electron chi connectivity index (χ2n) is 6.23. The molecule has 2 N–H and O–H groups in total. The molecule has 0 aliphatic rings. The lowest BCUT2D eigenvalue weighted by atomic mass is 10.1. The summed E-state index contributed by atoms with van der Waals surface area (Å²) in [6.07, 6.45) is 1.31. The number of aromatic nitrogens is 4. The van der Waals surface area contributed by atoms with E-state index in [9.17, 15) is 14.7 Å². The molecule has 1 aromatic carbocycles. The molecule has 8 heteroatoms. The van der Waals surface area contributed by atoms with E-state index < -0.39 is 5.97 Å². The molecule has 0 radical (unpaired) electrons. The number of amides is 1. The number of carboxylic acid groups (broad SMARTS) is 1. The number of rotatable bonds is 5. The number of anilines is 1. The summed E-state index contributed by atoms with van der Waals surface area (Å²) in [7, 11) is 0. The zero-order chi connectivity index (χ0) is 19.7. The molecule has 0 aliphatic carbocycles. The number of nitrogens with zero attached hydrogens (tertiary/aromatic N) is 4. The molecule has 1 amide bonds. The van der Waals surface area contributed by atoms with Crippen LogP contribution in [0.2, 0.25) is 0 Å². The van der Waals surface area contributed by atoms with Crippen LogP contribution in [0.5, 0.6) is 0 Å². The maximum Gasteiger partial charge on any atom is 0.339 e. The Morgan fingerprint density at radius 3 is 2.52 bits per heavy atom. The molecule has 0 saturated carbocycles. The summed E-state index contributed by atoms with van der Waals surface area (Å²) in [6.45, 7) is 8.04. The Morgan fingerprint density at radius 2 is 1.93 bits per heavy atom. The average Bonchev–Trinajstić information content (AvgIpc) is 3.14. The first-order chi connectivity index (χ1) is 12.8. The number of benzene rings is 1. The van der Waals surface area contributed by atoms with Crippen LogP contribution in [0, 0.1) is 20.8 Å². The number of hydrogen-bond donors (Lipinski definition) is 2. The molecule has 0 fully saturated rings. The number of carbonyl (C=O) groups is 2. The number of carbonyl (C=O) groups excluding carboxylic acids is 1. The van der Waals surface area contributed by atoms with Crippen LogP contribution >= 0.6 is 0 Å². The molecule has 0 saturated heterocycles. The van der Waals surface area contributed by atoms with Crippen molar-refractivity contribution in [1.29, 1.82) is 0 Å². The van der Waals surface area contributed by atoms with Gasteiger partial charge in [-0.2, -0.15) is 10.2 Å². The average molecular weight is 367 g/mol. The maximum absolute atomic E-state index is 12.7. The Morgan fingerprint density at radius 1 is 1.19 bits per heavy atom. The van der Waals surface area contributed by atoms with Crippen LogP contribution in [0.1, 0.15) is 44.7 Å². The van der Waals surface area contributed by atoms with Gasteiger partial charge in [-0.1, -0.05) is 6.07 Å². The van der Waals surface area contributed by atoms with Crippen molar-refractivity contribution in [1.82, 2.24) is 19.6 Å². The molecule has 27 heavy (non-hydrogen) atoms. The molecule has 8 nitrogen and oxygen atoms in total. The summed E-state index contributed by atoms with van der Waals surface area (Å²) in [5.41, 5.74) is 3.97. The number of aryl methyl sites for hydroxylation is 2. The van der Waals surface area contributed by atoms with Gasteiger partial charge in [-0.05, 0) is 45.9 Å². The quantitative estimate of drug-likeness (QED) is 0.722. The third kappa shape index (κ3) is 3.33. The highest BCUT2D eigenvalue weighted by atomic mass is 16.4. The predicted octanol–water partition coefficient (Wildman–Crippen LogP) is 2.96. The molecule has 2 heterocycles. The minimum atomic E-state index is -1.03. The monoisotopic (exact) mass is 367 g/mol. The topological polar surface area (TPSA) is 102 Å². The Balaban J connectivity index is 1.90. The van der Waals surface area contributed by atoms with Gasteiger partial charge in [0.25, 0.3) is 5.91 Å². The number of nitrogens with one attached hydrogen (secondary N) is 1. The molecule has 0 unspecified atom stereocenters. The van der Waals surface area contributed by atoms with E-state index in [0.717, 1.165) is 5.69 Å². The standard InChI is InChI=1S/C19H21N5O3/c1-5-23-13(4)17(11(2)22-23)18(25)21-14-7-6-8-15(9-14)24-12(3)16(10-20-24)19(26)27/h6-10H,5H2,1-4H3,(H,21,25)(H,26,27). The molecule has 0 aliphatic heterocycles. The fourth-order valence-electron chi connectivity index (χ4n) is 3.12. The van der Waals surface area contributed by atoms with Crippen molar-refractivity contribution in [2.24, 2.45) is 0 Å². The molecular formula is C19H21N5O3. The zero-order valence-electron chi connectivity index (χ0n) is 15.6. The van der Waals surface area contributed by atoms with Crippen LogP contribution in [0.4, 0.5) is 5.69 Å². The van der Waals surface area contributed by atoms with Gasteiger partial charge in [-0.15, -0.1) is 0 Å². The highest BCUT2D eigenvalue weighted by molar-refractivity contribution is 6.06. The van der Waals surface area contributed by atoms with Gasteiger partial charge in [0.2, 0.25) is 0 Å². The van der Waals surface area contributed by atoms with Gasteiger partial charge in [-0.3, -0.25) is 9.48 Å². The van der Waals surface area contributed by atoms with E-state index in [1.807, 2.05) is 20.8 Å². The van der Waals surface area contributed by atoms with Crippen molar-refractivity contribution in [3.63, 3.8) is 0 Å². The Hall–Kier alpha value is -3.42. The van der Waals surface area contributed by atoms with Gasteiger partial charge in [-0.25, -0.2) is 9.48 Å². The normalized spacial score (nSPS) is 10.8.